The van der Waals surface area contributed by atoms with Crippen molar-refractivity contribution >= 4 is 23.1 Å². The number of ether oxygens (including phenoxy) is 1. The van der Waals surface area contributed by atoms with Gasteiger partial charge < -0.3 is 20.3 Å². The Hall–Kier alpha value is -3.90. The Bertz CT molecular complexity index is 1410. The zero-order valence-electron chi connectivity index (χ0n) is 20.6. The Labute approximate surface area is 212 Å². The van der Waals surface area contributed by atoms with Gasteiger partial charge in [-0.1, -0.05) is 6.92 Å². The monoisotopic (exact) mass is 510 g/mol. The van der Waals surface area contributed by atoms with E-state index in [0.717, 1.165) is 24.3 Å². The van der Waals surface area contributed by atoms with Crippen LogP contribution < -0.4 is 10.6 Å². The third-order valence-electron chi connectivity index (χ3n) is 6.35. The third kappa shape index (κ3) is 4.89. The summed E-state index contributed by atoms with van der Waals surface area (Å²) in [4.78, 5) is 23.8. The molecule has 1 aliphatic rings. The van der Waals surface area contributed by atoms with E-state index in [-0.39, 0.29) is 23.9 Å². The average Bonchev–Trinajstić information content (AvgIpc) is 3.54. The molecule has 0 radical (unpaired) electrons. The summed E-state index contributed by atoms with van der Waals surface area (Å²) in [7, 11) is 1.47. The van der Waals surface area contributed by atoms with Gasteiger partial charge in [-0.05, 0) is 30.2 Å². The number of hydrogen-bond donors (Lipinski definition) is 2. The largest absolute Gasteiger partial charge is 0.362 e. The minimum Gasteiger partial charge on any atom is -0.362 e. The molecular weight excluding hydrogens is 482 g/mol. The second kappa shape index (κ2) is 10.6. The number of alkyl halides is 2. The zero-order valence-corrected chi connectivity index (χ0v) is 20.6. The van der Waals surface area contributed by atoms with E-state index in [1.807, 2.05) is 30.0 Å². The number of aryl methyl sites for hydroxylation is 1. The van der Waals surface area contributed by atoms with Crippen molar-refractivity contribution in [3.8, 4) is 11.3 Å². The molecule has 1 amide bonds. The van der Waals surface area contributed by atoms with Crippen LogP contribution in [0.25, 0.3) is 16.9 Å². The van der Waals surface area contributed by atoms with E-state index in [9.17, 15) is 13.6 Å². The molecule has 1 fully saturated rings. The summed E-state index contributed by atoms with van der Waals surface area (Å²) in [5.41, 5.74) is 3.22. The van der Waals surface area contributed by atoms with Crippen LogP contribution in [0.4, 0.5) is 20.3 Å². The second-order valence-corrected chi connectivity index (χ2v) is 8.69. The number of nitrogens with zero attached hydrogens (tertiary/aromatic N) is 6. The quantitative estimate of drug-likeness (QED) is 0.374. The topological polar surface area (TPSA) is 102 Å². The van der Waals surface area contributed by atoms with Crippen LogP contribution in [0.1, 0.15) is 35.0 Å². The molecular formula is C25H28F2N8O2. The first-order chi connectivity index (χ1) is 18.0. The lowest BCUT2D eigenvalue weighted by molar-refractivity contribution is 0.0734. The summed E-state index contributed by atoms with van der Waals surface area (Å²) in [5, 5.41) is 10.5. The molecule has 0 saturated carbocycles. The first kappa shape index (κ1) is 24.8. The van der Waals surface area contributed by atoms with Gasteiger partial charge in [0.05, 0.1) is 11.9 Å². The smallest absolute Gasteiger partial charge is 0.282 e. The molecule has 1 saturated heterocycles. The number of imidazole rings is 1. The molecule has 10 nitrogen and oxygen atoms in total. The predicted octanol–water partition coefficient (Wildman–Crippen LogP) is 3.49. The van der Waals surface area contributed by atoms with Crippen LogP contribution in [-0.2, 0) is 17.9 Å². The molecule has 1 aliphatic heterocycles. The average molecular weight is 511 g/mol. The molecule has 0 unspecified atom stereocenters. The van der Waals surface area contributed by atoms with Crippen molar-refractivity contribution in [2.75, 3.05) is 38.6 Å². The standard InChI is InChI=1S/C25H28F2N8O2/c1-3-16-12-17(4-5-18(16)25(36)33-9-6-28-7-10-33)31-23-24-30-13-20(35(24)11-8-29-23)19-14-34(15-37-2)32-21(19)22(26)27/h4-5,8,11-14,22,28H,3,6-7,9-10,15H2,1-2H3,(H,29,31). The second-order valence-electron chi connectivity index (χ2n) is 8.69. The van der Waals surface area contributed by atoms with Crippen LogP contribution in [0.2, 0.25) is 0 Å². The lowest BCUT2D eigenvalue weighted by Gasteiger charge is -2.28. The SMILES string of the molecule is CCc1cc(Nc2nccn3c(-c4cn(COC)nc4C(F)F)cnc23)ccc1C(=O)N1CCNCC1. The lowest BCUT2D eigenvalue weighted by atomic mass is 10.0. The Kier molecular flexibility index (Phi) is 7.10. The normalized spacial score (nSPS) is 14.0. The van der Waals surface area contributed by atoms with E-state index in [0.29, 0.717) is 42.2 Å². The van der Waals surface area contributed by atoms with E-state index < -0.39 is 6.43 Å². The molecule has 0 atom stereocenters. The van der Waals surface area contributed by atoms with Gasteiger partial charge in [-0.25, -0.2) is 23.4 Å². The number of fused-ring (bicyclic) bond motifs is 1. The number of rotatable bonds is 8. The highest BCUT2D eigenvalue weighted by Gasteiger charge is 2.23. The Morgan fingerprint density at radius 2 is 2.05 bits per heavy atom. The molecule has 0 spiro atoms. The van der Waals surface area contributed by atoms with Crippen LogP contribution in [0.3, 0.4) is 0 Å². The minimum absolute atomic E-state index is 0.0341. The van der Waals surface area contributed by atoms with Crippen molar-refractivity contribution in [1.29, 1.82) is 0 Å². The predicted molar refractivity (Wildman–Crippen MR) is 134 cm³/mol. The zero-order chi connectivity index (χ0) is 25.9. The number of nitrogens with one attached hydrogen (secondary N) is 2. The van der Waals surface area contributed by atoms with E-state index in [1.54, 1.807) is 16.8 Å². The van der Waals surface area contributed by atoms with Crippen LogP contribution in [0, 0.1) is 0 Å². The minimum atomic E-state index is -2.76. The summed E-state index contributed by atoms with van der Waals surface area (Å²) < 4.78 is 35.5. The summed E-state index contributed by atoms with van der Waals surface area (Å²) in [5.74, 6) is 0.492. The van der Waals surface area contributed by atoms with Crippen molar-refractivity contribution < 1.29 is 18.3 Å². The molecule has 12 heteroatoms. The van der Waals surface area contributed by atoms with Crippen LogP contribution in [-0.4, -0.2) is 68.2 Å². The lowest BCUT2D eigenvalue weighted by Crippen LogP contribution is -2.46. The molecule has 0 bridgehead atoms. The molecule has 0 aliphatic carbocycles. The Morgan fingerprint density at radius 1 is 1.24 bits per heavy atom. The number of methoxy groups -OCH3 is 1. The van der Waals surface area contributed by atoms with Gasteiger partial charge in [0.2, 0.25) is 0 Å². The summed E-state index contributed by atoms with van der Waals surface area (Å²) in [6.45, 7) is 5.03. The van der Waals surface area contributed by atoms with Gasteiger partial charge in [-0.3, -0.25) is 9.20 Å². The molecule has 37 heavy (non-hydrogen) atoms. The fraction of sp³-hybridized carbons (Fsp3) is 0.360. The van der Waals surface area contributed by atoms with Crippen molar-refractivity contribution in [3.05, 3.63) is 59.8 Å². The summed E-state index contributed by atoms with van der Waals surface area (Å²) in [6, 6.07) is 5.61. The summed E-state index contributed by atoms with van der Waals surface area (Å²) >= 11 is 0. The number of halogens is 2. The highest BCUT2D eigenvalue weighted by atomic mass is 19.3. The Balaban J connectivity index is 1.45. The Morgan fingerprint density at radius 3 is 2.78 bits per heavy atom. The van der Waals surface area contributed by atoms with Gasteiger partial charge >= 0.3 is 0 Å². The number of carbonyl (C=O) groups is 1. The van der Waals surface area contributed by atoms with E-state index in [4.69, 9.17) is 4.74 Å². The van der Waals surface area contributed by atoms with Crippen molar-refractivity contribution in [3.63, 3.8) is 0 Å². The molecule has 2 N–H and O–H groups in total. The van der Waals surface area contributed by atoms with E-state index in [2.05, 4.69) is 25.7 Å². The van der Waals surface area contributed by atoms with Crippen LogP contribution >= 0.6 is 0 Å². The van der Waals surface area contributed by atoms with E-state index in [1.165, 1.54) is 24.2 Å². The number of piperazine rings is 1. The number of amides is 1. The number of carbonyl (C=O) groups excluding carboxylic acids is 1. The van der Waals surface area contributed by atoms with Gasteiger partial charge in [0.25, 0.3) is 12.3 Å². The van der Waals surface area contributed by atoms with Gasteiger partial charge in [0.1, 0.15) is 12.4 Å². The number of hydrogen-bond acceptors (Lipinski definition) is 7. The third-order valence-corrected chi connectivity index (χ3v) is 6.35. The summed E-state index contributed by atoms with van der Waals surface area (Å²) in [6.07, 6.45) is 4.21. The number of benzene rings is 1. The molecule has 5 rings (SSSR count). The van der Waals surface area contributed by atoms with Crippen molar-refractivity contribution in [2.24, 2.45) is 0 Å². The molecule has 1 aromatic carbocycles. The van der Waals surface area contributed by atoms with Crippen molar-refractivity contribution in [1.82, 2.24) is 34.4 Å². The molecule has 4 heterocycles. The highest BCUT2D eigenvalue weighted by Crippen LogP contribution is 2.32. The maximum atomic E-state index is 13.7. The van der Waals surface area contributed by atoms with Crippen LogP contribution in [0.5, 0.6) is 0 Å². The maximum absolute atomic E-state index is 13.7. The fourth-order valence-corrected chi connectivity index (χ4v) is 4.55. The molecule has 194 valence electrons. The van der Waals surface area contributed by atoms with Gasteiger partial charge in [-0.2, -0.15) is 5.10 Å². The molecule has 3 aromatic heterocycles. The maximum Gasteiger partial charge on any atom is 0.282 e. The number of aromatic nitrogens is 5. The van der Waals surface area contributed by atoms with E-state index >= 15 is 0 Å². The van der Waals surface area contributed by atoms with Gasteiger partial charge in [0.15, 0.2) is 11.5 Å². The first-order valence-electron chi connectivity index (χ1n) is 12.1. The number of anilines is 2. The first-order valence-corrected chi connectivity index (χ1v) is 12.1. The van der Waals surface area contributed by atoms with Gasteiger partial charge in [-0.15, -0.1) is 0 Å². The fourth-order valence-electron chi connectivity index (χ4n) is 4.55. The van der Waals surface area contributed by atoms with Crippen LogP contribution in [0.15, 0.2) is 43.0 Å². The highest BCUT2D eigenvalue weighted by molar-refractivity contribution is 5.96. The molecule has 4 aromatic rings. The van der Waals surface area contributed by atoms with Gasteiger partial charge in [0, 0.05) is 68.7 Å². The van der Waals surface area contributed by atoms with Crippen molar-refractivity contribution in [2.45, 2.75) is 26.5 Å².